The molecule has 0 heterocycles. The molecule has 0 N–H and O–H groups in total. The zero-order valence-corrected chi connectivity index (χ0v) is 10.4. The molecule has 0 saturated carbocycles. The van der Waals surface area contributed by atoms with Gasteiger partial charge in [-0.05, 0) is 36.6 Å². The third-order valence-corrected chi connectivity index (χ3v) is 3.14. The minimum Gasteiger partial charge on any atom is -0.207 e. The van der Waals surface area contributed by atoms with Crippen molar-refractivity contribution in [3.63, 3.8) is 0 Å². The Morgan fingerprint density at radius 3 is 2.47 bits per heavy atom. The molecular weight excluding hydrogens is 235 g/mol. The van der Waals surface area contributed by atoms with Crippen LogP contribution in [0.2, 0.25) is 0 Å². The molecule has 2 aromatic carbocycles. The summed E-state index contributed by atoms with van der Waals surface area (Å²) in [4.78, 5) is 0. The fraction of sp³-hybridized carbons (Fsp3) is 0.200. The maximum absolute atomic E-state index is 12.8. The Kier molecular flexibility index (Phi) is 3.80. The van der Waals surface area contributed by atoms with E-state index in [2.05, 4.69) is 25.1 Å². The van der Waals surface area contributed by atoms with Gasteiger partial charge in [0.05, 0.1) is 5.38 Å². The van der Waals surface area contributed by atoms with Crippen LogP contribution in [0.4, 0.5) is 4.39 Å². The normalized spacial score (nSPS) is 12.4. The van der Waals surface area contributed by atoms with Crippen molar-refractivity contribution in [1.29, 1.82) is 0 Å². The van der Waals surface area contributed by atoms with Crippen LogP contribution in [0.15, 0.2) is 48.5 Å². The Bertz CT molecular complexity index is 491. The summed E-state index contributed by atoms with van der Waals surface area (Å²) < 4.78 is 12.8. The molecule has 0 aliphatic carbocycles. The first-order chi connectivity index (χ1) is 8.15. The average molecular weight is 249 g/mol. The SMILES string of the molecule is Cc1cccc(CC(Cl)c2ccc(F)cc2)c1. The molecular formula is C15H14ClF. The van der Waals surface area contributed by atoms with E-state index < -0.39 is 0 Å². The van der Waals surface area contributed by atoms with Crippen molar-refractivity contribution < 1.29 is 4.39 Å². The van der Waals surface area contributed by atoms with Gasteiger partial charge in [-0.15, -0.1) is 11.6 Å². The van der Waals surface area contributed by atoms with Crippen molar-refractivity contribution in [1.82, 2.24) is 0 Å². The Morgan fingerprint density at radius 1 is 1.12 bits per heavy atom. The van der Waals surface area contributed by atoms with Crippen LogP contribution in [-0.4, -0.2) is 0 Å². The minimum absolute atomic E-state index is 0.114. The summed E-state index contributed by atoms with van der Waals surface area (Å²) in [6.45, 7) is 2.06. The predicted octanol–water partition coefficient (Wildman–Crippen LogP) is 4.66. The number of hydrogen-bond donors (Lipinski definition) is 0. The molecule has 0 aliphatic heterocycles. The van der Waals surface area contributed by atoms with E-state index in [0.29, 0.717) is 0 Å². The van der Waals surface area contributed by atoms with Crippen molar-refractivity contribution in [2.24, 2.45) is 0 Å². The van der Waals surface area contributed by atoms with E-state index in [0.717, 1.165) is 12.0 Å². The van der Waals surface area contributed by atoms with Crippen LogP contribution in [-0.2, 0) is 6.42 Å². The van der Waals surface area contributed by atoms with Gasteiger partial charge < -0.3 is 0 Å². The highest BCUT2D eigenvalue weighted by Gasteiger charge is 2.08. The molecule has 0 spiro atoms. The fourth-order valence-corrected chi connectivity index (χ4v) is 2.16. The molecule has 0 bridgehead atoms. The maximum atomic E-state index is 12.8. The summed E-state index contributed by atoms with van der Waals surface area (Å²) in [6, 6.07) is 14.6. The van der Waals surface area contributed by atoms with Gasteiger partial charge >= 0.3 is 0 Å². The molecule has 2 heteroatoms. The highest BCUT2D eigenvalue weighted by molar-refractivity contribution is 6.20. The highest BCUT2D eigenvalue weighted by atomic mass is 35.5. The number of aryl methyl sites for hydroxylation is 1. The van der Waals surface area contributed by atoms with Gasteiger partial charge in [-0.2, -0.15) is 0 Å². The van der Waals surface area contributed by atoms with Gasteiger partial charge in [0.1, 0.15) is 5.82 Å². The number of benzene rings is 2. The Balaban J connectivity index is 2.11. The summed E-state index contributed by atoms with van der Waals surface area (Å²) >= 11 is 6.32. The highest BCUT2D eigenvalue weighted by Crippen LogP contribution is 2.25. The Morgan fingerprint density at radius 2 is 1.82 bits per heavy atom. The molecule has 17 heavy (non-hydrogen) atoms. The molecule has 2 aromatic rings. The molecule has 0 aromatic heterocycles. The lowest BCUT2D eigenvalue weighted by atomic mass is 10.0. The van der Waals surface area contributed by atoms with E-state index in [1.54, 1.807) is 12.1 Å². The van der Waals surface area contributed by atoms with Crippen LogP contribution < -0.4 is 0 Å². The topological polar surface area (TPSA) is 0 Å². The first kappa shape index (κ1) is 12.1. The van der Waals surface area contributed by atoms with Gasteiger partial charge in [0, 0.05) is 0 Å². The molecule has 0 aliphatic rings. The number of alkyl halides is 1. The van der Waals surface area contributed by atoms with E-state index in [4.69, 9.17) is 11.6 Å². The first-order valence-corrected chi connectivity index (χ1v) is 6.04. The zero-order chi connectivity index (χ0) is 12.3. The second-order valence-corrected chi connectivity index (χ2v) is 4.74. The van der Waals surface area contributed by atoms with Crippen LogP contribution >= 0.6 is 11.6 Å². The summed E-state index contributed by atoms with van der Waals surface area (Å²) in [5, 5.41) is -0.114. The molecule has 1 atom stereocenters. The van der Waals surface area contributed by atoms with Gasteiger partial charge in [-0.1, -0.05) is 42.0 Å². The summed E-state index contributed by atoms with van der Waals surface area (Å²) in [7, 11) is 0. The lowest BCUT2D eigenvalue weighted by Gasteiger charge is -2.10. The van der Waals surface area contributed by atoms with E-state index >= 15 is 0 Å². The van der Waals surface area contributed by atoms with Crippen LogP contribution in [0.25, 0.3) is 0 Å². The fourth-order valence-electron chi connectivity index (χ4n) is 1.84. The van der Waals surface area contributed by atoms with E-state index in [1.807, 2.05) is 6.07 Å². The van der Waals surface area contributed by atoms with Gasteiger partial charge in [-0.25, -0.2) is 4.39 Å². The molecule has 2 rings (SSSR count). The van der Waals surface area contributed by atoms with Gasteiger partial charge in [-0.3, -0.25) is 0 Å². The molecule has 1 unspecified atom stereocenters. The average Bonchev–Trinajstić information content (AvgIpc) is 2.29. The monoisotopic (exact) mass is 248 g/mol. The van der Waals surface area contributed by atoms with Crippen LogP contribution in [0.5, 0.6) is 0 Å². The molecule has 88 valence electrons. The number of hydrogen-bond acceptors (Lipinski definition) is 0. The van der Waals surface area contributed by atoms with Crippen molar-refractivity contribution >= 4 is 11.6 Å². The van der Waals surface area contributed by atoms with Crippen LogP contribution in [0.1, 0.15) is 22.1 Å². The van der Waals surface area contributed by atoms with E-state index in [-0.39, 0.29) is 11.2 Å². The second kappa shape index (κ2) is 5.33. The summed E-state index contributed by atoms with van der Waals surface area (Å²) in [6.07, 6.45) is 0.759. The molecule has 0 saturated heterocycles. The van der Waals surface area contributed by atoms with Gasteiger partial charge in [0.25, 0.3) is 0 Å². The standard InChI is InChI=1S/C15H14ClF/c1-11-3-2-4-12(9-11)10-15(16)13-5-7-14(17)8-6-13/h2-9,15H,10H2,1H3. The van der Waals surface area contributed by atoms with Crippen LogP contribution in [0, 0.1) is 12.7 Å². The lowest BCUT2D eigenvalue weighted by Crippen LogP contribution is -1.96. The van der Waals surface area contributed by atoms with Crippen molar-refractivity contribution in [3.8, 4) is 0 Å². The Hall–Kier alpha value is -1.34. The third-order valence-electron chi connectivity index (χ3n) is 2.73. The summed E-state index contributed by atoms with van der Waals surface area (Å²) in [5.41, 5.74) is 3.38. The third kappa shape index (κ3) is 3.31. The van der Waals surface area contributed by atoms with Crippen molar-refractivity contribution in [2.45, 2.75) is 18.7 Å². The van der Waals surface area contributed by atoms with E-state index in [1.165, 1.54) is 23.3 Å². The quantitative estimate of drug-likeness (QED) is 0.694. The lowest BCUT2D eigenvalue weighted by molar-refractivity contribution is 0.626. The minimum atomic E-state index is -0.229. The van der Waals surface area contributed by atoms with Crippen LogP contribution in [0.3, 0.4) is 0 Å². The predicted molar refractivity (Wildman–Crippen MR) is 69.9 cm³/mol. The maximum Gasteiger partial charge on any atom is 0.123 e. The number of rotatable bonds is 3. The molecule has 0 nitrogen and oxygen atoms in total. The zero-order valence-electron chi connectivity index (χ0n) is 9.66. The van der Waals surface area contributed by atoms with E-state index in [9.17, 15) is 4.39 Å². The van der Waals surface area contributed by atoms with Gasteiger partial charge in [0.2, 0.25) is 0 Å². The van der Waals surface area contributed by atoms with Crippen molar-refractivity contribution in [3.05, 3.63) is 71.0 Å². The first-order valence-electron chi connectivity index (χ1n) is 5.60. The van der Waals surface area contributed by atoms with Crippen molar-refractivity contribution in [2.75, 3.05) is 0 Å². The largest absolute Gasteiger partial charge is 0.207 e. The van der Waals surface area contributed by atoms with Gasteiger partial charge in [0.15, 0.2) is 0 Å². The smallest absolute Gasteiger partial charge is 0.123 e. The second-order valence-electron chi connectivity index (χ2n) is 4.21. The molecule has 0 radical (unpaired) electrons. The number of halogens is 2. The molecule has 0 amide bonds. The Labute approximate surface area is 106 Å². The summed E-state index contributed by atoms with van der Waals surface area (Å²) in [5.74, 6) is -0.229. The molecule has 0 fully saturated rings.